The second-order valence-corrected chi connectivity index (χ2v) is 7.23. The average Bonchev–Trinajstić information content (AvgIpc) is 2.56. The molecule has 142 valence electrons. The van der Waals surface area contributed by atoms with Crippen molar-refractivity contribution in [2.24, 2.45) is 0 Å². The third kappa shape index (κ3) is 19.3. The second-order valence-electron chi connectivity index (χ2n) is 6.00. The van der Waals surface area contributed by atoms with E-state index in [9.17, 15) is 9.59 Å². The number of esters is 1. The Morgan fingerprint density at radius 1 is 0.875 bits per heavy atom. The van der Waals surface area contributed by atoms with E-state index in [1.807, 2.05) is 11.8 Å². The maximum Gasteiger partial charge on any atom is 0.325 e. The first kappa shape index (κ1) is 23.2. The molecular formula is C18H35NO4S. The number of carbonyl (C=O) groups is 2. The zero-order valence-electron chi connectivity index (χ0n) is 15.2. The van der Waals surface area contributed by atoms with Gasteiger partial charge >= 0.3 is 5.97 Å². The van der Waals surface area contributed by atoms with Crippen molar-refractivity contribution < 1.29 is 19.4 Å². The zero-order valence-corrected chi connectivity index (χ0v) is 16.0. The third-order valence-electron chi connectivity index (χ3n) is 3.62. The summed E-state index contributed by atoms with van der Waals surface area (Å²) in [5.74, 6) is 1.73. The lowest BCUT2D eigenvalue weighted by molar-refractivity contribution is -0.143. The minimum absolute atomic E-state index is 0.0325. The first-order valence-corrected chi connectivity index (χ1v) is 10.4. The van der Waals surface area contributed by atoms with Gasteiger partial charge in [0, 0.05) is 13.5 Å². The molecule has 0 atom stereocenters. The van der Waals surface area contributed by atoms with Crippen LogP contribution in [0.2, 0.25) is 0 Å². The lowest BCUT2D eigenvalue weighted by Gasteiger charge is -2.05. The highest BCUT2D eigenvalue weighted by molar-refractivity contribution is 7.99. The molecule has 1 amide bonds. The fraction of sp³-hybridized carbons (Fsp3) is 0.889. The standard InChI is InChI=1S/C18H35NO4S/c1-17(21)19-16-18(22)23-13-9-7-5-3-2-4-6-8-10-14-24-15-11-12-20/h20H,2-16H2,1H3,(H,19,21). The predicted molar refractivity (Wildman–Crippen MR) is 100 cm³/mol. The van der Waals surface area contributed by atoms with Crippen LogP contribution in [0.4, 0.5) is 0 Å². The molecule has 0 heterocycles. The van der Waals surface area contributed by atoms with Crippen molar-refractivity contribution in [1.82, 2.24) is 5.32 Å². The Morgan fingerprint density at radius 2 is 1.42 bits per heavy atom. The van der Waals surface area contributed by atoms with Gasteiger partial charge in [-0.15, -0.1) is 0 Å². The van der Waals surface area contributed by atoms with Gasteiger partial charge in [-0.2, -0.15) is 11.8 Å². The molecule has 0 saturated carbocycles. The number of hydrogen-bond donors (Lipinski definition) is 2. The number of thioether (sulfide) groups is 1. The summed E-state index contributed by atoms with van der Waals surface area (Å²) in [6.07, 6.45) is 11.9. The molecule has 2 N–H and O–H groups in total. The molecular weight excluding hydrogens is 326 g/mol. The topological polar surface area (TPSA) is 75.6 Å². The van der Waals surface area contributed by atoms with Gasteiger partial charge in [-0.3, -0.25) is 9.59 Å². The SMILES string of the molecule is CC(=O)NCC(=O)OCCCCCCCCCCCSCCCO. The zero-order chi connectivity index (χ0) is 17.9. The van der Waals surface area contributed by atoms with Crippen LogP contribution in [0, 0.1) is 0 Å². The van der Waals surface area contributed by atoms with Gasteiger partial charge in [0.25, 0.3) is 0 Å². The highest BCUT2D eigenvalue weighted by Crippen LogP contribution is 2.12. The number of ether oxygens (including phenoxy) is 1. The van der Waals surface area contributed by atoms with Crippen LogP contribution in [0.3, 0.4) is 0 Å². The number of unbranched alkanes of at least 4 members (excludes halogenated alkanes) is 8. The van der Waals surface area contributed by atoms with Gasteiger partial charge < -0.3 is 15.2 Å². The normalized spacial score (nSPS) is 10.6. The van der Waals surface area contributed by atoms with Crippen molar-refractivity contribution >= 4 is 23.6 Å². The van der Waals surface area contributed by atoms with Crippen molar-refractivity contribution in [3.8, 4) is 0 Å². The Morgan fingerprint density at radius 3 is 2.00 bits per heavy atom. The monoisotopic (exact) mass is 361 g/mol. The van der Waals surface area contributed by atoms with Crippen LogP contribution in [0.5, 0.6) is 0 Å². The number of rotatable bonds is 17. The first-order valence-electron chi connectivity index (χ1n) is 9.25. The van der Waals surface area contributed by atoms with Crippen LogP contribution in [0.15, 0.2) is 0 Å². The van der Waals surface area contributed by atoms with Crippen LogP contribution in [0.25, 0.3) is 0 Å². The molecule has 0 bridgehead atoms. The van der Waals surface area contributed by atoms with Crippen LogP contribution < -0.4 is 5.32 Å². The van der Waals surface area contributed by atoms with Gasteiger partial charge in [0.1, 0.15) is 6.54 Å². The number of nitrogens with one attached hydrogen (secondary N) is 1. The van der Waals surface area contributed by atoms with Gasteiger partial charge in [-0.25, -0.2) is 0 Å². The fourth-order valence-corrected chi connectivity index (χ4v) is 3.19. The van der Waals surface area contributed by atoms with Crippen LogP contribution in [-0.4, -0.2) is 48.2 Å². The van der Waals surface area contributed by atoms with Crippen molar-refractivity contribution in [3.05, 3.63) is 0 Å². The Hall–Kier alpha value is -0.750. The van der Waals surface area contributed by atoms with E-state index in [2.05, 4.69) is 5.32 Å². The van der Waals surface area contributed by atoms with E-state index >= 15 is 0 Å². The van der Waals surface area contributed by atoms with E-state index in [0.717, 1.165) is 25.0 Å². The molecule has 0 aromatic carbocycles. The summed E-state index contributed by atoms with van der Waals surface area (Å²) in [5, 5.41) is 11.1. The fourth-order valence-electron chi connectivity index (χ4n) is 2.25. The Bertz CT molecular complexity index is 313. The number of aliphatic hydroxyl groups excluding tert-OH is 1. The molecule has 0 saturated heterocycles. The van der Waals surface area contributed by atoms with Crippen LogP contribution in [0.1, 0.15) is 71.1 Å². The van der Waals surface area contributed by atoms with Gasteiger partial charge in [-0.1, -0.05) is 44.9 Å². The summed E-state index contributed by atoms with van der Waals surface area (Å²) >= 11 is 1.95. The minimum atomic E-state index is -0.361. The Labute approximate surface area is 151 Å². The quantitative estimate of drug-likeness (QED) is 0.307. The Balaban J connectivity index is 3.10. The van der Waals surface area contributed by atoms with Gasteiger partial charge in [-0.05, 0) is 30.8 Å². The Kier molecular flexibility index (Phi) is 18.0. The van der Waals surface area contributed by atoms with Crippen LogP contribution >= 0.6 is 11.8 Å². The van der Waals surface area contributed by atoms with Gasteiger partial charge in [0.2, 0.25) is 5.91 Å². The van der Waals surface area contributed by atoms with E-state index < -0.39 is 0 Å². The second kappa shape index (κ2) is 18.6. The minimum Gasteiger partial charge on any atom is -0.464 e. The summed E-state index contributed by atoms with van der Waals surface area (Å²) in [7, 11) is 0. The van der Waals surface area contributed by atoms with Crippen molar-refractivity contribution in [3.63, 3.8) is 0 Å². The molecule has 6 heteroatoms. The third-order valence-corrected chi connectivity index (χ3v) is 4.78. The van der Waals surface area contributed by atoms with Crippen LogP contribution in [-0.2, 0) is 14.3 Å². The molecule has 0 aromatic rings. The summed E-state index contributed by atoms with van der Waals surface area (Å²) in [6.45, 7) is 2.11. The van der Waals surface area contributed by atoms with Crippen molar-refractivity contribution in [2.45, 2.75) is 71.1 Å². The van der Waals surface area contributed by atoms with E-state index in [-0.39, 0.29) is 18.4 Å². The molecule has 0 spiro atoms. The van der Waals surface area contributed by atoms with E-state index in [1.165, 1.54) is 57.6 Å². The molecule has 0 aliphatic heterocycles. The molecule has 0 radical (unpaired) electrons. The first-order chi connectivity index (χ1) is 11.7. The summed E-state index contributed by atoms with van der Waals surface area (Å²) < 4.78 is 5.03. The van der Waals surface area contributed by atoms with E-state index in [0.29, 0.717) is 13.2 Å². The largest absolute Gasteiger partial charge is 0.464 e. The highest BCUT2D eigenvalue weighted by atomic mass is 32.2. The number of aliphatic hydroxyl groups is 1. The molecule has 0 unspecified atom stereocenters. The smallest absolute Gasteiger partial charge is 0.325 e. The average molecular weight is 362 g/mol. The number of carbonyl (C=O) groups excluding carboxylic acids is 2. The summed E-state index contributed by atoms with van der Waals surface area (Å²) in [4.78, 5) is 21.9. The van der Waals surface area contributed by atoms with Gasteiger partial charge in [0.15, 0.2) is 0 Å². The van der Waals surface area contributed by atoms with Crippen molar-refractivity contribution in [2.75, 3.05) is 31.3 Å². The molecule has 0 aliphatic carbocycles. The lowest BCUT2D eigenvalue weighted by atomic mass is 10.1. The predicted octanol–water partition coefficient (Wildman–Crippen LogP) is 3.29. The maximum absolute atomic E-state index is 11.2. The molecule has 5 nitrogen and oxygen atoms in total. The molecule has 24 heavy (non-hydrogen) atoms. The summed E-state index contributed by atoms with van der Waals surface area (Å²) in [6, 6.07) is 0. The molecule has 0 aromatic heterocycles. The molecule has 0 rings (SSSR count). The van der Waals surface area contributed by atoms with Crippen molar-refractivity contribution in [1.29, 1.82) is 0 Å². The highest BCUT2D eigenvalue weighted by Gasteiger charge is 2.02. The molecule has 0 aliphatic rings. The summed E-state index contributed by atoms with van der Waals surface area (Å²) in [5.41, 5.74) is 0. The molecule has 0 fully saturated rings. The van der Waals surface area contributed by atoms with E-state index in [1.54, 1.807) is 0 Å². The van der Waals surface area contributed by atoms with Gasteiger partial charge in [0.05, 0.1) is 6.61 Å². The number of hydrogen-bond acceptors (Lipinski definition) is 5. The maximum atomic E-state index is 11.2. The number of amides is 1. The van der Waals surface area contributed by atoms with E-state index in [4.69, 9.17) is 9.84 Å². The lowest BCUT2D eigenvalue weighted by Crippen LogP contribution is -2.28.